The van der Waals surface area contributed by atoms with E-state index in [2.05, 4.69) is 9.98 Å². The quantitative estimate of drug-likeness (QED) is 0.0781. The van der Waals surface area contributed by atoms with Gasteiger partial charge in [0.15, 0.2) is 0 Å². The van der Waals surface area contributed by atoms with Crippen LogP contribution in [0.4, 0.5) is 9.59 Å². The molecule has 1 heterocycles. The van der Waals surface area contributed by atoms with E-state index < -0.39 is 35.5 Å². The Morgan fingerprint density at radius 3 is 2.09 bits per heavy atom. The Morgan fingerprint density at radius 1 is 1.00 bits per heavy atom. The molecule has 0 saturated carbocycles. The highest BCUT2D eigenvalue weighted by Crippen LogP contribution is 2.25. The van der Waals surface area contributed by atoms with E-state index in [1.165, 1.54) is 0 Å². The number of allylic oxidation sites excluding steroid dienone is 2. The Hall–Kier alpha value is -4.21. The molecule has 2 atom stereocenters. The van der Waals surface area contributed by atoms with Crippen LogP contribution in [0.25, 0.3) is 5.57 Å². The van der Waals surface area contributed by atoms with E-state index in [9.17, 15) is 14.4 Å². The van der Waals surface area contributed by atoms with Crippen molar-refractivity contribution < 1.29 is 28.6 Å². The minimum Gasteiger partial charge on any atom is -0.454 e. The highest BCUT2D eigenvalue weighted by atomic mass is 16.6. The Labute approximate surface area is 281 Å². The molecule has 0 bridgehead atoms. The van der Waals surface area contributed by atoms with Crippen LogP contribution in [-0.4, -0.2) is 56.2 Å². The zero-order chi connectivity index (χ0) is 35.8. The van der Waals surface area contributed by atoms with Crippen LogP contribution in [0.5, 0.6) is 0 Å². The second-order valence-electron chi connectivity index (χ2n) is 12.9. The van der Waals surface area contributed by atoms with Crippen molar-refractivity contribution in [1.29, 1.82) is 0 Å². The Balaban J connectivity index is 0.00000541. The number of amides is 2. The van der Waals surface area contributed by atoms with Crippen molar-refractivity contribution in [3.8, 4) is 0 Å². The van der Waals surface area contributed by atoms with Crippen LogP contribution in [0.15, 0.2) is 66.2 Å². The molecule has 10 heteroatoms. The molecule has 260 valence electrons. The summed E-state index contributed by atoms with van der Waals surface area (Å²) in [6.07, 6.45) is 8.34. The monoisotopic (exact) mass is 652 g/mol. The molecular weight excluding hydrogens is 596 g/mol. The van der Waals surface area contributed by atoms with Crippen LogP contribution in [0.1, 0.15) is 120 Å². The summed E-state index contributed by atoms with van der Waals surface area (Å²) in [7, 11) is 0. The molecule has 0 radical (unpaired) electrons. The minimum absolute atomic E-state index is 0.0421. The maximum absolute atomic E-state index is 13.7. The third kappa shape index (κ3) is 14.8. The number of nitrogens with zero attached hydrogens (tertiary/aromatic N) is 4. The van der Waals surface area contributed by atoms with Gasteiger partial charge in [0.05, 0.1) is 11.3 Å². The van der Waals surface area contributed by atoms with Crippen molar-refractivity contribution in [3.05, 3.63) is 72.5 Å². The molecular formula is C37H56N4O6. The standard InChI is InChI=1S/C35H50N4O6.C2H6/c1-11-16-27(22-39(32(41)44-34(5,6)7)33(42)45-35(8,9)10)19-20-29(30-23-38(24-37-30)26(4)36-21-12-2)31(40)43-25(3)28-17-14-13-15-18-28;1-2/h12-15,17-18,20-21,23-25,27H,11,16,19,22H2,1-10H3;1-2H3/b21-12-,29-20-,36-26?;/t25-,27?;/m1./s1. The molecule has 0 N–H and O–H groups in total. The highest BCUT2D eigenvalue weighted by molar-refractivity contribution is 6.16. The number of aromatic nitrogens is 2. The lowest BCUT2D eigenvalue weighted by atomic mass is 9.97. The first kappa shape index (κ1) is 40.8. The van der Waals surface area contributed by atoms with Gasteiger partial charge in [-0.3, -0.25) is 4.57 Å². The summed E-state index contributed by atoms with van der Waals surface area (Å²) in [6, 6.07) is 9.48. The molecule has 0 aliphatic carbocycles. The smallest absolute Gasteiger partial charge is 0.419 e. The number of rotatable bonds is 11. The number of esters is 1. The normalized spacial score (nSPS) is 13.7. The molecule has 0 spiro atoms. The third-order valence-electron chi connectivity index (χ3n) is 6.44. The third-order valence-corrected chi connectivity index (χ3v) is 6.44. The Morgan fingerprint density at radius 2 is 1.57 bits per heavy atom. The van der Waals surface area contributed by atoms with Gasteiger partial charge in [0.25, 0.3) is 0 Å². The molecule has 10 nitrogen and oxygen atoms in total. The summed E-state index contributed by atoms with van der Waals surface area (Å²) < 4.78 is 18.7. The lowest BCUT2D eigenvalue weighted by Gasteiger charge is -2.30. The first-order chi connectivity index (χ1) is 22.0. The van der Waals surface area contributed by atoms with Gasteiger partial charge >= 0.3 is 18.2 Å². The average Bonchev–Trinajstić information content (AvgIpc) is 3.48. The number of hydrogen-bond donors (Lipinski definition) is 0. The summed E-state index contributed by atoms with van der Waals surface area (Å²) >= 11 is 0. The number of carbonyl (C=O) groups is 3. The van der Waals surface area contributed by atoms with Gasteiger partial charge in [-0.2, -0.15) is 0 Å². The van der Waals surface area contributed by atoms with Crippen LogP contribution < -0.4 is 0 Å². The van der Waals surface area contributed by atoms with E-state index in [0.717, 1.165) is 16.9 Å². The predicted molar refractivity (Wildman–Crippen MR) is 188 cm³/mol. The van der Waals surface area contributed by atoms with Gasteiger partial charge in [-0.1, -0.05) is 69.7 Å². The predicted octanol–water partition coefficient (Wildman–Crippen LogP) is 9.38. The second-order valence-corrected chi connectivity index (χ2v) is 12.9. The fourth-order valence-corrected chi connectivity index (χ4v) is 4.29. The van der Waals surface area contributed by atoms with Crippen molar-refractivity contribution in [2.24, 2.45) is 10.9 Å². The van der Waals surface area contributed by atoms with E-state index >= 15 is 0 Å². The molecule has 0 aliphatic heterocycles. The van der Waals surface area contributed by atoms with Crippen LogP contribution in [0.3, 0.4) is 0 Å². The van der Waals surface area contributed by atoms with Gasteiger partial charge in [-0.15, -0.1) is 0 Å². The number of ether oxygens (including phenoxy) is 3. The molecule has 0 saturated heterocycles. The Bertz CT molecular complexity index is 1340. The van der Waals surface area contributed by atoms with Gasteiger partial charge in [0, 0.05) is 18.9 Å². The van der Waals surface area contributed by atoms with Crippen LogP contribution in [-0.2, 0) is 19.0 Å². The van der Waals surface area contributed by atoms with Crippen molar-refractivity contribution in [3.63, 3.8) is 0 Å². The molecule has 2 aromatic rings. The van der Waals surface area contributed by atoms with E-state index in [0.29, 0.717) is 24.4 Å². The van der Waals surface area contributed by atoms with Crippen molar-refractivity contribution >= 4 is 29.6 Å². The summed E-state index contributed by atoms with van der Waals surface area (Å²) in [4.78, 5) is 49.9. The lowest BCUT2D eigenvalue weighted by molar-refractivity contribution is -0.141. The number of imidazole rings is 1. The maximum atomic E-state index is 13.7. The molecule has 47 heavy (non-hydrogen) atoms. The van der Waals surface area contributed by atoms with Gasteiger partial charge in [0.2, 0.25) is 0 Å². The Kier molecular flexibility index (Phi) is 16.9. The number of aliphatic imine (C=N–C) groups is 1. The van der Waals surface area contributed by atoms with Crippen LogP contribution in [0, 0.1) is 5.92 Å². The van der Waals surface area contributed by atoms with E-state index in [1.54, 1.807) is 70.9 Å². The number of imide groups is 1. The van der Waals surface area contributed by atoms with Crippen LogP contribution >= 0.6 is 0 Å². The largest absolute Gasteiger partial charge is 0.454 e. The van der Waals surface area contributed by atoms with Gasteiger partial charge in [0.1, 0.15) is 29.5 Å². The number of hydrogen-bond acceptors (Lipinski definition) is 8. The van der Waals surface area contributed by atoms with Gasteiger partial charge in [-0.25, -0.2) is 29.3 Å². The first-order valence-corrected chi connectivity index (χ1v) is 16.4. The maximum Gasteiger partial charge on any atom is 0.419 e. The summed E-state index contributed by atoms with van der Waals surface area (Å²) in [5.74, 6) is -0.0676. The van der Waals surface area contributed by atoms with Crippen molar-refractivity contribution in [2.45, 2.75) is 120 Å². The molecule has 1 unspecified atom stereocenters. The van der Waals surface area contributed by atoms with Gasteiger partial charge in [-0.05, 0) is 86.6 Å². The number of carbonyl (C=O) groups excluding carboxylic acids is 3. The fourth-order valence-electron chi connectivity index (χ4n) is 4.29. The molecule has 1 aromatic carbocycles. The summed E-state index contributed by atoms with van der Waals surface area (Å²) in [6.45, 7) is 22.0. The fraction of sp³-hybridized carbons (Fsp3) is 0.541. The molecule has 0 fully saturated rings. The minimum atomic E-state index is -0.808. The zero-order valence-corrected chi connectivity index (χ0v) is 30.5. The van der Waals surface area contributed by atoms with E-state index in [4.69, 9.17) is 14.2 Å². The zero-order valence-electron chi connectivity index (χ0n) is 30.5. The second kappa shape index (κ2) is 19.5. The summed E-state index contributed by atoms with van der Waals surface area (Å²) in [5, 5.41) is 0. The SMILES string of the molecule is C/C=C\N=C(C)n1cnc(/C(=C/CC(CCC)CN(C(=O)OC(C)(C)C)C(=O)OC(C)(C)C)C(=O)O[C@H](C)c2ccccc2)c1.CC. The first-order valence-electron chi connectivity index (χ1n) is 16.4. The van der Waals surface area contributed by atoms with Crippen LogP contribution in [0.2, 0.25) is 0 Å². The highest BCUT2D eigenvalue weighted by Gasteiger charge is 2.33. The molecule has 2 amide bonds. The van der Waals surface area contributed by atoms with Crippen molar-refractivity contribution in [2.75, 3.05) is 6.54 Å². The molecule has 1 aromatic heterocycles. The average molecular weight is 653 g/mol. The van der Waals surface area contributed by atoms with Gasteiger partial charge < -0.3 is 14.2 Å². The molecule has 2 rings (SSSR count). The summed E-state index contributed by atoms with van der Waals surface area (Å²) in [5.41, 5.74) is -0.0628. The molecule has 0 aliphatic rings. The lowest BCUT2D eigenvalue weighted by Crippen LogP contribution is -2.45. The topological polar surface area (TPSA) is 112 Å². The van der Waals surface area contributed by atoms with Crippen molar-refractivity contribution in [1.82, 2.24) is 14.5 Å². The van der Waals surface area contributed by atoms with E-state index in [-0.39, 0.29) is 18.0 Å². The van der Waals surface area contributed by atoms with E-state index in [1.807, 2.05) is 78.0 Å². The number of benzene rings is 1.